The maximum atomic E-state index is 12.9. The Morgan fingerprint density at radius 1 is 1.00 bits per heavy atom. The second-order valence-electron chi connectivity index (χ2n) is 7.92. The lowest BCUT2D eigenvalue weighted by atomic mass is 9.95. The monoisotopic (exact) mass is 469 g/mol. The van der Waals surface area contributed by atoms with E-state index < -0.39 is 33.3 Å². The van der Waals surface area contributed by atoms with Crippen molar-refractivity contribution in [3.63, 3.8) is 0 Å². The molecule has 0 unspecified atom stereocenters. The van der Waals surface area contributed by atoms with Gasteiger partial charge in [-0.3, -0.25) is 29.8 Å². The molecule has 1 aliphatic heterocycles. The summed E-state index contributed by atoms with van der Waals surface area (Å²) in [4.78, 5) is 47.9. The van der Waals surface area contributed by atoms with Crippen LogP contribution in [0.3, 0.4) is 0 Å². The predicted octanol–water partition coefficient (Wildman–Crippen LogP) is 3.74. The van der Waals surface area contributed by atoms with Crippen LogP contribution in [0.1, 0.15) is 37.4 Å². The third kappa shape index (κ3) is 5.09. The van der Waals surface area contributed by atoms with Crippen LogP contribution in [0.5, 0.6) is 0 Å². The Hall–Kier alpha value is -4.12. The van der Waals surface area contributed by atoms with Crippen LogP contribution in [0.4, 0.5) is 11.4 Å². The molecule has 1 saturated heterocycles. The predicted molar refractivity (Wildman–Crippen MR) is 121 cm³/mol. The summed E-state index contributed by atoms with van der Waals surface area (Å²) in [5.74, 6) is -2.22. The van der Waals surface area contributed by atoms with Crippen LogP contribution >= 0.6 is 0 Å². The third-order valence-corrected chi connectivity index (χ3v) is 5.31. The molecule has 11 nitrogen and oxygen atoms in total. The average molecular weight is 469 g/mol. The van der Waals surface area contributed by atoms with Gasteiger partial charge >= 0.3 is 0 Å². The Bertz CT molecular complexity index is 1140. The van der Waals surface area contributed by atoms with Crippen molar-refractivity contribution in [2.45, 2.75) is 32.4 Å². The fourth-order valence-corrected chi connectivity index (χ4v) is 3.69. The van der Waals surface area contributed by atoms with Gasteiger partial charge in [0.1, 0.15) is 5.76 Å². The Kier molecular flexibility index (Phi) is 7.37. The molecule has 0 radical (unpaired) electrons. The van der Waals surface area contributed by atoms with Crippen LogP contribution in [0.15, 0.2) is 54.1 Å². The average Bonchev–Trinajstić information content (AvgIpc) is 3.06. The second kappa shape index (κ2) is 10.2. The molecule has 0 saturated carbocycles. The number of hydrogen-bond acceptors (Lipinski definition) is 8. The number of nitro benzene ring substituents is 2. The number of ether oxygens (including phenoxy) is 1. The van der Waals surface area contributed by atoms with E-state index in [4.69, 9.17) is 4.74 Å². The van der Waals surface area contributed by atoms with Gasteiger partial charge in [0.25, 0.3) is 23.1 Å². The van der Waals surface area contributed by atoms with E-state index in [1.165, 1.54) is 53.4 Å². The molecule has 34 heavy (non-hydrogen) atoms. The van der Waals surface area contributed by atoms with Gasteiger partial charge in [-0.25, -0.2) is 0 Å². The summed E-state index contributed by atoms with van der Waals surface area (Å²) in [6.45, 7) is 4.23. The highest BCUT2D eigenvalue weighted by Gasteiger charge is 2.45. The lowest BCUT2D eigenvalue weighted by Crippen LogP contribution is -2.31. The lowest BCUT2D eigenvalue weighted by molar-refractivity contribution is -0.385. The Balaban J connectivity index is 2.05. The summed E-state index contributed by atoms with van der Waals surface area (Å²) in [5.41, 5.74) is -0.0374. The Morgan fingerprint density at radius 2 is 1.53 bits per heavy atom. The topological polar surface area (TPSA) is 153 Å². The van der Waals surface area contributed by atoms with Gasteiger partial charge < -0.3 is 14.7 Å². The molecule has 2 aromatic carbocycles. The van der Waals surface area contributed by atoms with E-state index in [1.807, 2.05) is 13.8 Å². The molecular weight excluding hydrogens is 446 g/mol. The van der Waals surface area contributed by atoms with Gasteiger partial charge in [-0.2, -0.15) is 0 Å². The fraction of sp³-hybridized carbons (Fsp3) is 0.304. The van der Waals surface area contributed by atoms with Crippen molar-refractivity contribution in [3.8, 4) is 0 Å². The van der Waals surface area contributed by atoms with Crippen LogP contribution in [0, 0.1) is 20.2 Å². The first-order valence-electron chi connectivity index (χ1n) is 10.5. The summed E-state index contributed by atoms with van der Waals surface area (Å²) in [6, 6.07) is 9.28. The number of nitrogens with zero attached hydrogens (tertiary/aromatic N) is 3. The molecule has 0 aromatic heterocycles. The van der Waals surface area contributed by atoms with Crippen molar-refractivity contribution in [2.75, 3.05) is 13.2 Å². The van der Waals surface area contributed by atoms with Gasteiger partial charge in [0.15, 0.2) is 0 Å². The minimum absolute atomic E-state index is 0.0111. The lowest BCUT2D eigenvalue weighted by Gasteiger charge is -2.25. The van der Waals surface area contributed by atoms with Crippen molar-refractivity contribution in [2.24, 2.45) is 0 Å². The number of rotatable bonds is 9. The quantitative estimate of drug-likeness (QED) is 0.145. The second-order valence-corrected chi connectivity index (χ2v) is 7.92. The molecular formula is C23H23N3O8. The van der Waals surface area contributed by atoms with E-state index in [9.17, 15) is 34.9 Å². The first kappa shape index (κ1) is 24.5. The van der Waals surface area contributed by atoms with Crippen molar-refractivity contribution >= 4 is 28.8 Å². The molecule has 1 amide bonds. The number of amides is 1. The number of aliphatic hydroxyl groups is 1. The van der Waals surface area contributed by atoms with E-state index in [-0.39, 0.29) is 35.2 Å². The highest BCUT2D eigenvalue weighted by molar-refractivity contribution is 6.46. The number of nitro groups is 2. The minimum Gasteiger partial charge on any atom is -0.507 e. The molecule has 0 aliphatic carbocycles. The molecule has 178 valence electrons. The van der Waals surface area contributed by atoms with Crippen LogP contribution in [0.25, 0.3) is 5.76 Å². The summed E-state index contributed by atoms with van der Waals surface area (Å²) in [5, 5.41) is 32.9. The molecule has 2 aromatic rings. The van der Waals surface area contributed by atoms with E-state index in [0.29, 0.717) is 18.6 Å². The third-order valence-electron chi connectivity index (χ3n) is 5.31. The zero-order chi connectivity index (χ0) is 25.0. The standard InChI is InChI=1S/C23H23N3O8/c1-14(2)34-13-3-12-24-20(15-4-8-17(9-5-15)25(30)31)19(22(28)23(24)29)21(27)16-6-10-18(11-7-16)26(32)33/h4-11,14,20,27H,3,12-13H2,1-2H3/t20-/m1/s1. The van der Waals surface area contributed by atoms with Crippen molar-refractivity contribution < 1.29 is 29.3 Å². The van der Waals surface area contributed by atoms with Gasteiger partial charge in [0.05, 0.1) is 27.6 Å². The highest BCUT2D eigenvalue weighted by Crippen LogP contribution is 2.40. The number of hydrogen-bond donors (Lipinski definition) is 1. The minimum atomic E-state index is -0.991. The molecule has 0 bridgehead atoms. The van der Waals surface area contributed by atoms with Gasteiger partial charge in [-0.1, -0.05) is 0 Å². The summed E-state index contributed by atoms with van der Waals surface area (Å²) in [6.07, 6.45) is 0.412. The van der Waals surface area contributed by atoms with E-state index in [1.54, 1.807) is 0 Å². The van der Waals surface area contributed by atoms with Gasteiger partial charge in [0, 0.05) is 43.0 Å². The van der Waals surface area contributed by atoms with Crippen LogP contribution in [0.2, 0.25) is 0 Å². The number of Topliss-reactive ketones (excluding diaryl/α,β-unsaturated/α-hetero) is 1. The molecule has 11 heteroatoms. The van der Waals surface area contributed by atoms with Crippen molar-refractivity contribution in [1.29, 1.82) is 0 Å². The number of aliphatic hydroxyl groups excluding tert-OH is 1. The first-order chi connectivity index (χ1) is 16.1. The van der Waals surface area contributed by atoms with Gasteiger partial charge in [-0.05, 0) is 50.1 Å². The largest absolute Gasteiger partial charge is 0.507 e. The van der Waals surface area contributed by atoms with Crippen LogP contribution in [-0.2, 0) is 14.3 Å². The normalized spacial score (nSPS) is 17.4. The number of non-ortho nitro benzene ring substituents is 2. The number of ketones is 1. The van der Waals surface area contributed by atoms with E-state index >= 15 is 0 Å². The fourth-order valence-electron chi connectivity index (χ4n) is 3.69. The summed E-state index contributed by atoms with van der Waals surface area (Å²) in [7, 11) is 0. The van der Waals surface area contributed by atoms with Crippen molar-refractivity contribution in [3.05, 3.63) is 85.5 Å². The number of benzene rings is 2. The first-order valence-corrected chi connectivity index (χ1v) is 10.5. The van der Waals surface area contributed by atoms with Gasteiger partial charge in [-0.15, -0.1) is 0 Å². The maximum absolute atomic E-state index is 12.9. The number of carbonyl (C=O) groups is 2. The number of carbonyl (C=O) groups excluding carboxylic acids is 2. The SMILES string of the molecule is CC(C)OCCCN1C(=O)C(=O)C(=C(O)c2ccc([N+](=O)[O-])cc2)[C@H]1c1ccc([N+](=O)[O-])cc1. The van der Waals surface area contributed by atoms with E-state index in [2.05, 4.69) is 0 Å². The molecule has 1 atom stereocenters. The molecule has 0 spiro atoms. The summed E-state index contributed by atoms with van der Waals surface area (Å²) >= 11 is 0. The smallest absolute Gasteiger partial charge is 0.295 e. The molecule has 3 rings (SSSR count). The summed E-state index contributed by atoms with van der Waals surface area (Å²) < 4.78 is 5.51. The zero-order valence-electron chi connectivity index (χ0n) is 18.5. The van der Waals surface area contributed by atoms with Gasteiger partial charge in [0.2, 0.25) is 0 Å². The molecule has 1 heterocycles. The van der Waals surface area contributed by atoms with E-state index in [0.717, 1.165) is 0 Å². The maximum Gasteiger partial charge on any atom is 0.295 e. The highest BCUT2D eigenvalue weighted by atomic mass is 16.6. The van der Waals surface area contributed by atoms with Crippen LogP contribution < -0.4 is 0 Å². The molecule has 1 fully saturated rings. The molecule has 1 aliphatic rings. The molecule has 1 N–H and O–H groups in total. The Labute approximate surface area is 194 Å². The number of likely N-dealkylation sites (tertiary alicyclic amines) is 1. The zero-order valence-corrected chi connectivity index (χ0v) is 18.5. The van der Waals surface area contributed by atoms with Crippen LogP contribution in [-0.4, -0.2) is 50.8 Å². The Morgan fingerprint density at radius 3 is 2.03 bits per heavy atom. The van der Waals surface area contributed by atoms with Crippen molar-refractivity contribution in [1.82, 2.24) is 4.90 Å².